The molecular formula is C10H17N5O2. The third-order valence-electron chi connectivity index (χ3n) is 2.25. The molecule has 0 fully saturated rings. The maximum atomic E-state index is 11.5. The van der Waals surface area contributed by atoms with E-state index in [-0.39, 0.29) is 17.4 Å². The van der Waals surface area contributed by atoms with Gasteiger partial charge in [0.1, 0.15) is 5.69 Å². The molecule has 0 atom stereocenters. The van der Waals surface area contributed by atoms with E-state index in [9.17, 15) is 9.59 Å². The molecule has 0 unspecified atom stereocenters. The van der Waals surface area contributed by atoms with E-state index in [4.69, 9.17) is 11.5 Å². The van der Waals surface area contributed by atoms with Crippen LogP contribution in [0.2, 0.25) is 0 Å². The molecule has 6 N–H and O–H groups in total. The summed E-state index contributed by atoms with van der Waals surface area (Å²) in [5.74, 6) is -0.654. The van der Waals surface area contributed by atoms with Gasteiger partial charge in [-0.25, -0.2) is 4.98 Å². The molecule has 1 heterocycles. The molecule has 0 bridgehead atoms. The van der Waals surface area contributed by atoms with Gasteiger partial charge in [-0.15, -0.1) is 0 Å². The van der Waals surface area contributed by atoms with Crippen molar-refractivity contribution in [3.05, 3.63) is 12.0 Å². The fraction of sp³-hybridized carbons (Fsp3) is 0.500. The largest absolute Gasteiger partial charge is 0.364 e. The quantitative estimate of drug-likeness (QED) is 0.498. The van der Waals surface area contributed by atoms with E-state index in [1.165, 1.54) is 6.33 Å². The Morgan fingerprint density at radius 3 is 2.76 bits per heavy atom. The number of imidazole rings is 1. The Labute approximate surface area is 99.0 Å². The van der Waals surface area contributed by atoms with Gasteiger partial charge in [-0.3, -0.25) is 9.59 Å². The van der Waals surface area contributed by atoms with E-state index in [0.717, 1.165) is 19.3 Å². The van der Waals surface area contributed by atoms with Gasteiger partial charge in [0.05, 0.1) is 6.33 Å². The standard InChI is InChI=1S/C10H17N5O2/c11-5-3-1-2-4-7(16)15-10-8(9(12)17)13-6-14-10/h6H,1-5,11H2,(H2,12,17)(H,13,14)(H,15,16). The molecule has 0 aliphatic rings. The fourth-order valence-corrected chi connectivity index (χ4v) is 1.38. The number of nitrogens with one attached hydrogen (secondary N) is 2. The number of carbonyl (C=O) groups excluding carboxylic acids is 2. The number of nitrogens with zero attached hydrogens (tertiary/aromatic N) is 1. The van der Waals surface area contributed by atoms with Crippen molar-refractivity contribution < 1.29 is 9.59 Å². The molecule has 1 aromatic heterocycles. The lowest BCUT2D eigenvalue weighted by atomic mass is 10.2. The Morgan fingerprint density at radius 1 is 1.35 bits per heavy atom. The van der Waals surface area contributed by atoms with Crippen molar-refractivity contribution in [3.8, 4) is 0 Å². The number of hydrogen-bond acceptors (Lipinski definition) is 4. The monoisotopic (exact) mass is 239 g/mol. The average molecular weight is 239 g/mol. The summed E-state index contributed by atoms with van der Waals surface area (Å²) in [6, 6.07) is 0. The van der Waals surface area contributed by atoms with Crippen molar-refractivity contribution in [2.45, 2.75) is 25.7 Å². The molecule has 0 aliphatic heterocycles. The number of aromatic amines is 1. The molecule has 0 saturated heterocycles. The second kappa shape index (κ2) is 6.64. The molecule has 0 radical (unpaired) electrons. The summed E-state index contributed by atoms with van der Waals surface area (Å²) >= 11 is 0. The summed E-state index contributed by atoms with van der Waals surface area (Å²) in [7, 11) is 0. The van der Waals surface area contributed by atoms with Gasteiger partial charge in [-0.05, 0) is 19.4 Å². The highest BCUT2D eigenvalue weighted by Gasteiger charge is 2.13. The van der Waals surface area contributed by atoms with Gasteiger partial charge in [-0.2, -0.15) is 0 Å². The smallest absolute Gasteiger partial charge is 0.269 e. The van der Waals surface area contributed by atoms with Crippen molar-refractivity contribution in [1.29, 1.82) is 0 Å². The van der Waals surface area contributed by atoms with Crippen LogP contribution in [0.1, 0.15) is 36.2 Å². The Kier molecular flexibility index (Phi) is 5.15. The summed E-state index contributed by atoms with van der Waals surface area (Å²) < 4.78 is 0. The number of nitrogens with two attached hydrogens (primary N) is 2. The third kappa shape index (κ3) is 4.23. The highest BCUT2D eigenvalue weighted by molar-refractivity contribution is 6.00. The van der Waals surface area contributed by atoms with Crippen molar-refractivity contribution in [3.63, 3.8) is 0 Å². The van der Waals surface area contributed by atoms with Gasteiger partial charge in [-0.1, -0.05) is 6.42 Å². The number of amides is 2. The topological polar surface area (TPSA) is 127 Å². The van der Waals surface area contributed by atoms with Crippen LogP contribution in [0.25, 0.3) is 0 Å². The zero-order chi connectivity index (χ0) is 12.7. The normalized spacial score (nSPS) is 10.2. The van der Waals surface area contributed by atoms with Gasteiger partial charge in [0.25, 0.3) is 5.91 Å². The Hall–Kier alpha value is -1.89. The average Bonchev–Trinajstić information content (AvgIpc) is 2.72. The molecule has 7 nitrogen and oxygen atoms in total. The number of unbranched alkanes of at least 4 members (excludes halogenated alkanes) is 2. The minimum atomic E-state index is -0.652. The summed E-state index contributed by atoms with van der Waals surface area (Å²) in [6.07, 6.45) is 4.27. The highest BCUT2D eigenvalue weighted by atomic mass is 16.2. The lowest BCUT2D eigenvalue weighted by Gasteiger charge is -2.03. The maximum absolute atomic E-state index is 11.5. The summed E-state index contributed by atoms with van der Waals surface area (Å²) in [5.41, 5.74) is 10.6. The van der Waals surface area contributed by atoms with Gasteiger partial charge in [0.15, 0.2) is 5.82 Å². The van der Waals surface area contributed by atoms with E-state index in [0.29, 0.717) is 13.0 Å². The Morgan fingerprint density at radius 2 is 2.12 bits per heavy atom. The lowest BCUT2D eigenvalue weighted by Crippen LogP contribution is -2.18. The van der Waals surface area contributed by atoms with Gasteiger partial charge < -0.3 is 21.8 Å². The van der Waals surface area contributed by atoms with E-state index in [1.54, 1.807) is 0 Å². The summed E-state index contributed by atoms with van der Waals surface area (Å²) in [5, 5.41) is 2.54. The van der Waals surface area contributed by atoms with Gasteiger partial charge in [0, 0.05) is 6.42 Å². The molecule has 0 spiro atoms. The molecule has 1 rings (SSSR count). The zero-order valence-electron chi connectivity index (χ0n) is 9.53. The number of H-pyrrole nitrogens is 1. The number of carbonyl (C=O) groups is 2. The Bertz CT molecular complexity index is 388. The molecule has 1 aromatic rings. The van der Waals surface area contributed by atoms with Gasteiger partial charge >= 0.3 is 0 Å². The van der Waals surface area contributed by atoms with Crippen LogP contribution in [0.3, 0.4) is 0 Å². The third-order valence-corrected chi connectivity index (χ3v) is 2.25. The number of aromatic nitrogens is 2. The second-order valence-corrected chi connectivity index (χ2v) is 3.64. The number of primary amides is 1. The predicted molar refractivity (Wildman–Crippen MR) is 63.3 cm³/mol. The van der Waals surface area contributed by atoms with Crippen LogP contribution in [0, 0.1) is 0 Å². The minimum absolute atomic E-state index is 0.111. The van der Waals surface area contributed by atoms with Crippen LogP contribution in [0.4, 0.5) is 5.82 Å². The van der Waals surface area contributed by atoms with Crippen molar-refractivity contribution >= 4 is 17.6 Å². The molecular weight excluding hydrogens is 222 g/mol. The molecule has 94 valence electrons. The minimum Gasteiger partial charge on any atom is -0.364 e. The summed E-state index contributed by atoms with van der Waals surface area (Å²) in [4.78, 5) is 28.8. The summed E-state index contributed by atoms with van der Waals surface area (Å²) in [6.45, 7) is 0.632. The zero-order valence-corrected chi connectivity index (χ0v) is 9.53. The first-order valence-electron chi connectivity index (χ1n) is 5.48. The van der Waals surface area contributed by atoms with Crippen LogP contribution < -0.4 is 16.8 Å². The van der Waals surface area contributed by atoms with Crippen LogP contribution in [-0.4, -0.2) is 28.3 Å². The molecule has 0 aliphatic carbocycles. The molecule has 2 amide bonds. The van der Waals surface area contributed by atoms with E-state index >= 15 is 0 Å². The second-order valence-electron chi connectivity index (χ2n) is 3.64. The van der Waals surface area contributed by atoms with E-state index < -0.39 is 5.91 Å². The Balaban J connectivity index is 2.40. The first-order valence-corrected chi connectivity index (χ1v) is 5.48. The van der Waals surface area contributed by atoms with Crippen molar-refractivity contribution in [1.82, 2.24) is 9.97 Å². The van der Waals surface area contributed by atoms with Crippen LogP contribution in [0.15, 0.2) is 6.33 Å². The fourth-order valence-electron chi connectivity index (χ4n) is 1.38. The van der Waals surface area contributed by atoms with E-state index in [2.05, 4.69) is 15.3 Å². The molecule has 0 saturated carbocycles. The van der Waals surface area contributed by atoms with Crippen LogP contribution in [0.5, 0.6) is 0 Å². The number of hydrogen-bond donors (Lipinski definition) is 4. The molecule has 7 heteroatoms. The first kappa shape index (κ1) is 13.2. The van der Waals surface area contributed by atoms with Crippen LogP contribution in [-0.2, 0) is 4.79 Å². The SMILES string of the molecule is NCCCCCC(=O)Nc1nc[nH]c1C(N)=O. The highest BCUT2D eigenvalue weighted by Crippen LogP contribution is 2.09. The number of rotatable bonds is 7. The first-order chi connectivity index (χ1) is 8.15. The maximum Gasteiger partial charge on any atom is 0.269 e. The number of anilines is 1. The van der Waals surface area contributed by atoms with Crippen LogP contribution >= 0.6 is 0 Å². The molecule has 0 aromatic carbocycles. The predicted octanol–water partition coefficient (Wildman–Crippen LogP) is -0.0338. The molecule has 17 heavy (non-hydrogen) atoms. The van der Waals surface area contributed by atoms with Crippen molar-refractivity contribution in [2.24, 2.45) is 11.5 Å². The van der Waals surface area contributed by atoms with E-state index in [1.807, 2.05) is 0 Å². The van der Waals surface area contributed by atoms with Gasteiger partial charge in [0.2, 0.25) is 5.91 Å². The van der Waals surface area contributed by atoms with Crippen molar-refractivity contribution in [2.75, 3.05) is 11.9 Å². The lowest BCUT2D eigenvalue weighted by molar-refractivity contribution is -0.116.